The van der Waals surface area contributed by atoms with Crippen molar-refractivity contribution in [2.24, 2.45) is 5.14 Å². The lowest BCUT2D eigenvalue weighted by Gasteiger charge is -2.11. The molecule has 2 aromatic carbocycles. The van der Waals surface area contributed by atoms with Gasteiger partial charge in [-0.3, -0.25) is 4.79 Å². The van der Waals surface area contributed by atoms with E-state index in [0.717, 1.165) is 11.3 Å². The maximum absolute atomic E-state index is 12.5. The fourth-order valence-electron chi connectivity index (χ4n) is 2.50. The Hall–Kier alpha value is -2.75. The van der Waals surface area contributed by atoms with Gasteiger partial charge in [0.2, 0.25) is 10.0 Å². The lowest BCUT2D eigenvalue weighted by atomic mass is 10.1. The quantitative estimate of drug-likeness (QED) is 0.584. The molecule has 28 heavy (non-hydrogen) atoms. The van der Waals surface area contributed by atoms with Gasteiger partial charge < -0.3 is 10.1 Å². The van der Waals surface area contributed by atoms with Crippen molar-refractivity contribution in [1.29, 1.82) is 0 Å². The Kier molecular flexibility index (Phi) is 6.40. The SMILES string of the molecule is NS(=O)(=O)c1ccc(CCNC(=O)c2ccccc2OCc2cscn2)cc1. The van der Waals surface area contributed by atoms with Gasteiger partial charge in [0, 0.05) is 11.9 Å². The number of carbonyl (C=O) groups excluding carboxylic acids is 1. The molecule has 0 saturated heterocycles. The number of carbonyl (C=O) groups is 1. The van der Waals surface area contributed by atoms with Crippen molar-refractivity contribution >= 4 is 27.3 Å². The van der Waals surface area contributed by atoms with E-state index in [1.165, 1.54) is 23.5 Å². The summed E-state index contributed by atoms with van der Waals surface area (Å²) in [4.78, 5) is 16.7. The van der Waals surface area contributed by atoms with Crippen LogP contribution in [-0.2, 0) is 23.1 Å². The van der Waals surface area contributed by atoms with Crippen LogP contribution in [0.3, 0.4) is 0 Å². The van der Waals surface area contributed by atoms with Crippen LogP contribution in [-0.4, -0.2) is 25.9 Å². The summed E-state index contributed by atoms with van der Waals surface area (Å²) in [6, 6.07) is 13.3. The van der Waals surface area contributed by atoms with Gasteiger partial charge in [-0.05, 0) is 36.2 Å². The van der Waals surface area contributed by atoms with Crippen molar-refractivity contribution in [3.63, 3.8) is 0 Å². The van der Waals surface area contributed by atoms with Gasteiger partial charge in [0.25, 0.3) is 5.91 Å². The highest BCUT2D eigenvalue weighted by Gasteiger charge is 2.12. The number of para-hydroxylation sites is 1. The van der Waals surface area contributed by atoms with Crippen LogP contribution in [0.2, 0.25) is 0 Å². The van der Waals surface area contributed by atoms with Crippen LogP contribution in [0.5, 0.6) is 5.75 Å². The van der Waals surface area contributed by atoms with E-state index in [-0.39, 0.29) is 10.8 Å². The molecule has 7 nitrogen and oxygen atoms in total. The van der Waals surface area contributed by atoms with Crippen molar-refractivity contribution in [1.82, 2.24) is 10.3 Å². The van der Waals surface area contributed by atoms with E-state index in [9.17, 15) is 13.2 Å². The van der Waals surface area contributed by atoms with Crippen LogP contribution >= 0.6 is 11.3 Å². The summed E-state index contributed by atoms with van der Waals surface area (Å²) in [7, 11) is -3.70. The van der Waals surface area contributed by atoms with E-state index < -0.39 is 10.0 Å². The summed E-state index contributed by atoms with van der Waals surface area (Å²) in [6.07, 6.45) is 0.554. The number of primary sulfonamides is 1. The minimum atomic E-state index is -3.70. The molecule has 9 heteroatoms. The standard InChI is InChI=1S/C19H19N3O4S2/c20-28(24,25)16-7-5-14(6-8-16)9-10-21-19(23)17-3-1-2-4-18(17)26-11-15-12-27-13-22-15/h1-8,12-13H,9-11H2,(H,21,23)(H2,20,24,25). The fraction of sp³-hybridized carbons (Fsp3) is 0.158. The summed E-state index contributed by atoms with van der Waals surface area (Å²) < 4.78 is 28.3. The number of hydrogen-bond donors (Lipinski definition) is 2. The largest absolute Gasteiger partial charge is 0.486 e. The number of nitrogens with zero attached hydrogens (tertiary/aromatic N) is 1. The third-order valence-electron chi connectivity index (χ3n) is 3.94. The minimum Gasteiger partial charge on any atom is -0.486 e. The lowest BCUT2D eigenvalue weighted by molar-refractivity contribution is 0.0949. The van der Waals surface area contributed by atoms with Gasteiger partial charge in [-0.1, -0.05) is 24.3 Å². The van der Waals surface area contributed by atoms with Gasteiger partial charge in [0.15, 0.2) is 0 Å². The fourth-order valence-corrected chi connectivity index (χ4v) is 3.56. The van der Waals surface area contributed by atoms with Crippen molar-refractivity contribution in [3.05, 3.63) is 76.2 Å². The Labute approximate surface area is 167 Å². The topological polar surface area (TPSA) is 111 Å². The van der Waals surface area contributed by atoms with Gasteiger partial charge in [-0.25, -0.2) is 18.5 Å². The maximum Gasteiger partial charge on any atom is 0.255 e. The smallest absolute Gasteiger partial charge is 0.255 e. The second-order valence-corrected chi connectivity index (χ2v) is 8.24. The summed E-state index contributed by atoms with van der Waals surface area (Å²) in [5.74, 6) is 0.250. The second-order valence-electron chi connectivity index (χ2n) is 5.96. The van der Waals surface area contributed by atoms with Gasteiger partial charge in [-0.2, -0.15) is 0 Å². The molecule has 0 aliphatic heterocycles. The first-order valence-corrected chi connectivity index (χ1v) is 10.9. The highest BCUT2D eigenvalue weighted by Crippen LogP contribution is 2.19. The van der Waals surface area contributed by atoms with E-state index in [4.69, 9.17) is 9.88 Å². The van der Waals surface area contributed by atoms with Crippen LogP contribution in [0.25, 0.3) is 0 Å². The van der Waals surface area contributed by atoms with Crippen molar-refractivity contribution < 1.29 is 17.9 Å². The van der Waals surface area contributed by atoms with Crippen molar-refractivity contribution in [2.45, 2.75) is 17.9 Å². The third kappa shape index (κ3) is 5.38. The minimum absolute atomic E-state index is 0.0615. The number of aromatic nitrogens is 1. The Bertz CT molecular complexity index is 1030. The van der Waals surface area contributed by atoms with Gasteiger partial charge >= 0.3 is 0 Å². The van der Waals surface area contributed by atoms with E-state index in [1.807, 2.05) is 5.38 Å². The van der Waals surface area contributed by atoms with Crippen molar-refractivity contribution in [3.8, 4) is 5.75 Å². The Morgan fingerprint density at radius 2 is 1.89 bits per heavy atom. The Morgan fingerprint density at radius 3 is 2.57 bits per heavy atom. The monoisotopic (exact) mass is 417 g/mol. The molecule has 0 unspecified atom stereocenters. The molecule has 0 atom stereocenters. The van der Waals surface area contributed by atoms with Crippen LogP contribution < -0.4 is 15.2 Å². The predicted octanol–water partition coefficient (Wildman–Crippen LogP) is 2.34. The highest BCUT2D eigenvalue weighted by molar-refractivity contribution is 7.89. The van der Waals surface area contributed by atoms with Crippen LogP contribution in [0.15, 0.2) is 64.3 Å². The van der Waals surface area contributed by atoms with Crippen LogP contribution in [0.4, 0.5) is 0 Å². The predicted molar refractivity (Wildman–Crippen MR) is 107 cm³/mol. The van der Waals surface area contributed by atoms with E-state index in [0.29, 0.717) is 30.9 Å². The van der Waals surface area contributed by atoms with Gasteiger partial charge in [0.1, 0.15) is 12.4 Å². The average molecular weight is 418 g/mol. The maximum atomic E-state index is 12.5. The number of benzene rings is 2. The molecule has 3 N–H and O–H groups in total. The molecular weight excluding hydrogens is 398 g/mol. The van der Waals surface area contributed by atoms with Crippen molar-refractivity contribution in [2.75, 3.05) is 6.54 Å². The lowest BCUT2D eigenvalue weighted by Crippen LogP contribution is -2.26. The third-order valence-corrected chi connectivity index (χ3v) is 5.51. The summed E-state index contributed by atoms with van der Waals surface area (Å²) in [6.45, 7) is 0.693. The zero-order chi connectivity index (χ0) is 20.0. The number of rotatable bonds is 8. The average Bonchev–Trinajstić information content (AvgIpc) is 3.20. The number of hydrogen-bond acceptors (Lipinski definition) is 6. The number of nitrogens with one attached hydrogen (secondary N) is 1. The first kappa shape index (κ1) is 20.0. The van der Waals surface area contributed by atoms with Gasteiger partial charge in [-0.15, -0.1) is 11.3 Å². The molecule has 0 aliphatic carbocycles. The van der Waals surface area contributed by atoms with E-state index in [2.05, 4.69) is 10.3 Å². The second kappa shape index (κ2) is 8.96. The Morgan fingerprint density at radius 1 is 1.14 bits per heavy atom. The number of thiazole rings is 1. The summed E-state index contributed by atoms with van der Waals surface area (Å²) in [5, 5.41) is 9.82. The molecule has 1 aromatic heterocycles. The molecular formula is C19H19N3O4S2. The molecule has 0 spiro atoms. The normalized spacial score (nSPS) is 11.2. The molecule has 1 heterocycles. The molecule has 0 radical (unpaired) electrons. The number of amides is 1. The van der Waals surface area contributed by atoms with E-state index >= 15 is 0 Å². The highest BCUT2D eigenvalue weighted by atomic mass is 32.2. The summed E-state index contributed by atoms with van der Waals surface area (Å²) >= 11 is 1.49. The molecule has 0 saturated carbocycles. The molecule has 3 rings (SSSR count). The molecule has 0 bridgehead atoms. The van der Waals surface area contributed by atoms with Gasteiger partial charge in [0.05, 0.1) is 21.7 Å². The molecule has 0 aliphatic rings. The molecule has 146 valence electrons. The summed E-state index contributed by atoms with van der Waals surface area (Å²) in [5.41, 5.74) is 3.87. The number of ether oxygens (including phenoxy) is 1. The molecule has 0 fully saturated rings. The van der Waals surface area contributed by atoms with Crippen LogP contribution in [0.1, 0.15) is 21.6 Å². The molecule has 1 amide bonds. The first-order chi connectivity index (χ1) is 13.4. The zero-order valence-corrected chi connectivity index (χ0v) is 16.5. The van der Waals surface area contributed by atoms with E-state index in [1.54, 1.807) is 41.9 Å². The van der Waals surface area contributed by atoms with Crippen LogP contribution in [0, 0.1) is 0 Å². The Balaban J connectivity index is 1.56. The number of nitrogens with two attached hydrogens (primary N) is 1. The molecule has 3 aromatic rings. The first-order valence-electron chi connectivity index (χ1n) is 8.42. The zero-order valence-electron chi connectivity index (χ0n) is 14.9. The number of sulfonamides is 1.